The van der Waals surface area contributed by atoms with Gasteiger partial charge in [0.2, 0.25) is 0 Å². The van der Waals surface area contributed by atoms with Crippen LogP contribution in [0.5, 0.6) is 0 Å². The second-order valence-electron chi connectivity index (χ2n) is 5.58. The summed E-state index contributed by atoms with van der Waals surface area (Å²) in [7, 11) is 0. The molecule has 1 aliphatic heterocycles. The molecular formula is C16H16FN5S. The van der Waals surface area contributed by atoms with Crippen molar-refractivity contribution in [1.82, 2.24) is 15.0 Å². The van der Waals surface area contributed by atoms with Gasteiger partial charge in [-0.25, -0.2) is 19.3 Å². The van der Waals surface area contributed by atoms with Gasteiger partial charge in [-0.05, 0) is 19.1 Å². The number of aryl methyl sites for hydroxylation is 1. The van der Waals surface area contributed by atoms with Gasteiger partial charge in [-0.15, -0.1) is 11.3 Å². The number of halogens is 1. The highest BCUT2D eigenvalue weighted by molar-refractivity contribution is 7.13. The van der Waals surface area contributed by atoms with Gasteiger partial charge in [-0.1, -0.05) is 6.07 Å². The molecule has 0 radical (unpaired) electrons. The number of benzene rings is 1. The van der Waals surface area contributed by atoms with Crippen LogP contribution in [0, 0.1) is 12.7 Å². The number of para-hydroxylation sites is 1. The van der Waals surface area contributed by atoms with Gasteiger partial charge in [-0.2, -0.15) is 0 Å². The number of aromatic nitrogens is 3. The predicted octanol–water partition coefficient (Wildman–Crippen LogP) is 2.86. The number of rotatable bonds is 2. The fourth-order valence-corrected chi connectivity index (χ4v) is 3.74. The molecule has 0 atom stereocenters. The monoisotopic (exact) mass is 329 g/mol. The van der Waals surface area contributed by atoms with Crippen LogP contribution in [0.4, 0.5) is 15.3 Å². The Morgan fingerprint density at radius 2 is 1.87 bits per heavy atom. The Kier molecular flexibility index (Phi) is 3.57. The quantitative estimate of drug-likeness (QED) is 0.723. The highest BCUT2D eigenvalue weighted by atomic mass is 32.1. The topological polar surface area (TPSA) is 45.2 Å². The van der Waals surface area contributed by atoms with Crippen molar-refractivity contribution in [3.63, 3.8) is 0 Å². The summed E-state index contributed by atoms with van der Waals surface area (Å²) in [6.07, 6.45) is 1.44. The zero-order valence-electron chi connectivity index (χ0n) is 12.7. The molecule has 118 valence electrons. The van der Waals surface area contributed by atoms with Gasteiger partial charge in [-0.3, -0.25) is 0 Å². The standard InChI is InChI=1S/C16H16FN5S/c1-11-9-23-16(20-11)22-7-5-21(6-8-22)15-12-3-2-4-13(17)14(12)18-10-19-15/h2-4,9-10H,5-8H2,1H3. The first kappa shape index (κ1) is 14.3. The van der Waals surface area contributed by atoms with Gasteiger partial charge in [0.15, 0.2) is 5.13 Å². The molecule has 1 fully saturated rings. The molecule has 1 aliphatic rings. The Hall–Kier alpha value is -2.28. The molecule has 0 saturated carbocycles. The van der Waals surface area contributed by atoms with Crippen molar-refractivity contribution < 1.29 is 4.39 Å². The van der Waals surface area contributed by atoms with Crippen molar-refractivity contribution in [1.29, 1.82) is 0 Å². The molecule has 3 aromatic rings. The van der Waals surface area contributed by atoms with E-state index in [9.17, 15) is 4.39 Å². The van der Waals surface area contributed by atoms with E-state index in [4.69, 9.17) is 0 Å². The summed E-state index contributed by atoms with van der Waals surface area (Å²) >= 11 is 1.68. The van der Waals surface area contributed by atoms with E-state index in [1.165, 1.54) is 12.4 Å². The van der Waals surface area contributed by atoms with E-state index in [1.807, 2.05) is 13.0 Å². The number of piperazine rings is 1. The zero-order valence-corrected chi connectivity index (χ0v) is 13.6. The number of hydrogen-bond donors (Lipinski definition) is 0. The molecule has 0 unspecified atom stereocenters. The van der Waals surface area contributed by atoms with E-state index in [0.717, 1.165) is 48.2 Å². The third-order valence-electron chi connectivity index (χ3n) is 4.05. The average Bonchev–Trinajstić information content (AvgIpc) is 3.02. The van der Waals surface area contributed by atoms with Crippen molar-refractivity contribution in [3.8, 4) is 0 Å². The van der Waals surface area contributed by atoms with Crippen LogP contribution in [0.2, 0.25) is 0 Å². The number of anilines is 2. The average molecular weight is 329 g/mol. The summed E-state index contributed by atoms with van der Waals surface area (Å²) in [5.41, 5.74) is 1.44. The van der Waals surface area contributed by atoms with Crippen LogP contribution in [0.1, 0.15) is 5.69 Å². The van der Waals surface area contributed by atoms with Crippen LogP contribution >= 0.6 is 11.3 Å². The third-order valence-corrected chi connectivity index (χ3v) is 5.07. The van der Waals surface area contributed by atoms with E-state index in [0.29, 0.717) is 5.52 Å². The van der Waals surface area contributed by atoms with Gasteiger partial charge < -0.3 is 9.80 Å². The van der Waals surface area contributed by atoms with Gasteiger partial charge in [0.05, 0.1) is 5.69 Å². The van der Waals surface area contributed by atoms with Crippen molar-refractivity contribution in [2.45, 2.75) is 6.92 Å². The van der Waals surface area contributed by atoms with E-state index in [1.54, 1.807) is 17.4 Å². The largest absolute Gasteiger partial charge is 0.352 e. The second kappa shape index (κ2) is 5.73. The lowest BCUT2D eigenvalue weighted by Gasteiger charge is -2.35. The maximum absolute atomic E-state index is 13.9. The summed E-state index contributed by atoms with van der Waals surface area (Å²) in [4.78, 5) is 17.5. The first-order chi connectivity index (χ1) is 11.2. The smallest absolute Gasteiger partial charge is 0.185 e. The summed E-state index contributed by atoms with van der Waals surface area (Å²) in [5.74, 6) is 0.507. The van der Waals surface area contributed by atoms with Gasteiger partial charge in [0.1, 0.15) is 23.5 Å². The molecule has 3 heterocycles. The lowest BCUT2D eigenvalue weighted by molar-refractivity contribution is 0.634. The summed E-state index contributed by atoms with van der Waals surface area (Å²) in [5, 5.41) is 3.91. The van der Waals surface area contributed by atoms with Crippen LogP contribution in [-0.4, -0.2) is 41.1 Å². The minimum atomic E-state index is -0.303. The molecule has 4 rings (SSSR count). The van der Waals surface area contributed by atoms with Crippen LogP contribution in [0.3, 0.4) is 0 Å². The molecule has 0 aliphatic carbocycles. The van der Waals surface area contributed by atoms with Gasteiger partial charge >= 0.3 is 0 Å². The number of nitrogens with zero attached hydrogens (tertiary/aromatic N) is 5. The fraction of sp³-hybridized carbons (Fsp3) is 0.312. The molecule has 0 bridgehead atoms. The second-order valence-corrected chi connectivity index (χ2v) is 6.42. The van der Waals surface area contributed by atoms with Crippen molar-refractivity contribution in [3.05, 3.63) is 41.4 Å². The fourth-order valence-electron chi connectivity index (χ4n) is 2.89. The molecule has 1 saturated heterocycles. The summed E-state index contributed by atoms with van der Waals surface area (Å²) in [6, 6.07) is 5.02. The minimum absolute atomic E-state index is 0.303. The maximum atomic E-state index is 13.9. The molecule has 0 N–H and O–H groups in total. The van der Waals surface area contributed by atoms with Crippen LogP contribution < -0.4 is 9.80 Å². The lowest BCUT2D eigenvalue weighted by atomic mass is 10.2. The molecule has 7 heteroatoms. The molecule has 5 nitrogen and oxygen atoms in total. The van der Waals surface area contributed by atoms with E-state index >= 15 is 0 Å². The highest BCUT2D eigenvalue weighted by Crippen LogP contribution is 2.27. The highest BCUT2D eigenvalue weighted by Gasteiger charge is 2.22. The molecule has 23 heavy (non-hydrogen) atoms. The lowest BCUT2D eigenvalue weighted by Crippen LogP contribution is -2.46. The molecular weight excluding hydrogens is 313 g/mol. The third kappa shape index (κ3) is 2.61. The number of fused-ring (bicyclic) bond motifs is 1. The Morgan fingerprint density at radius 3 is 2.61 bits per heavy atom. The molecule has 0 amide bonds. The SMILES string of the molecule is Cc1csc(N2CCN(c3ncnc4c(F)cccc34)CC2)n1. The molecule has 0 spiro atoms. The summed E-state index contributed by atoms with van der Waals surface area (Å²) in [6.45, 7) is 5.45. The number of hydrogen-bond acceptors (Lipinski definition) is 6. The maximum Gasteiger partial charge on any atom is 0.185 e. The molecule has 1 aromatic carbocycles. The van der Waals surface area contributed by atoms with E-state index in [2.05, 4.69) is 30.1 Å². The Morgan fingerprint density at radius 1 is 1.09 bits per heavy atom. The number of thiazole rings is 1. The minimum Gasteiger partial charge on any atom is -0.352 e. The van der Waals surface area contributed by atoms with Crippen molar-refractivity contribution in [2.24, 2.45) is 0 Å². The first-order valence-electron chi connectivity index (χ1n) is 7.53. The van der Waals surface area contributed by atoms with Crippen LogP contribution in [0.15, 0.2) is 29.9 Å². The van der Waals surface area contributed by atoms with E-state index < -0.39 is 0 Å². The van der Waals surface area contributed by atoms with Gasteiger partial charge in [0, 0.05) is 36.9 Å². The van der Waals surface area contributed by atoms with Crippen LogP contribution in [0.25, 0.3) is 10.9 Å². The van der Waals surface area contributed by atoms with Gasteiger partial charge in [0.25, 0.3) is 0 Å². The normalized spacial score (nSPS) is 15.4. The Labute approximate surface area is 137 Å². The summed E-state index contributed by atoms with van der Waals surface area (Å²) < 4.78 is 13.9. The predicted molar refractivity (Wildman–Crippen MR) is 90.8 cm³/mol. The van der Waals surface area contributed by atoms with Crippen molar-refractivity contribution >= 4 is 33.2 Å². The molecule has 2 aromatic heterocycles. The Bertz CT molecular complexity index is 841. The Balaban J connectivity index is 1.58. The van der Waals surface area contributed by atoms with Crippen molar-refractivity contribution in [2.75, 3.05) is 36.0 Å². The first-order valence-corrected chi connectivity index (χ1v) is 8.41. The zero-order chi connectivity index (χ0) is 15.8. The van der Waals surface area contributed by atoms with Crippen LogP contribution in [-0.2, 0) is 0 Å². The van der Waals surface area contributed by atoms with E-state index in [-0.39, 0.29) is 5.82 Å².